The smallest absolute Gasteiger partial charge is 0.166 e. The minimum atomic E-state index is -0.373. The van der Waals surface area contributed by atoms with Gasteiger partial charge in [-0.3, -0.25) is 0 Å². The van der Waals surface area contributed by atoms with E-state index in [4.69, 9.17) is 9.47 Å². The van der Waals surface area contributed by atoms with Gasteiger partial charge in [-0.2, -0.15) is 0 Å². The van der Waals surface area contributed by atoms with E-state index in [1.807, 2.05) is 30.3 Å². The Morgan fingerprint density at radius 2 is 1.92 bits per heavy atom. The number of hydrogen-bond acceptors (Lipinski definition) is 4. The second kappa shape index (κ2) is 7.86. The van der Waals surface area contributed by atoms with E-state index in [1.165, 1.54) is 6.07 Å². The second-order valence-electron chi connectivity index (χ2n) is 5.51. The molecule has 3 rings (SSSR count). The Labute approximate surface area is 159 Å². The minimum absolute atomic E-state index is 0.232. The van der Waals surface area contributed by atoms with E-state index in [2.05, 4.69) is 32.9 Å². The number of benzene rings is 2. The first-order valence-electron chi connectivity index (χ1n) is 7.74. The van der Waals surface area contributed by atoms with Gasteiger partial charge < -0.3 is 14.8 Å². The molecule has 0 aliphatic carbocycles. The molecule has 0 fully saturated rings. The van der Waals surface area contributed by atoms with Gasteiger partial charge in [0.2, 0.25) is 0 Å². The summed E-state index contributed by atoms with van der Waals surface area (Å²) in [5.74, 6) is 1.25. The third-order valence-corrected chi connectivity index (χ3v) is 4.81. The summed E-state index contributed by atoms with van der Waals surface area (Å²) in [6.45, 7) is 0.397. The van der Waals surface area contributed by atoms with Gasteiger partial charge in [-0.05, 0) is 29.8 Å². The predicted octanol–water partition coefficient (Wildman–Crippen LogP) is 4.94. The summed E-state index contributed by atoms with van der Waals surface area (Å²) >= 11 is 2.30. The second-order valence-corrected chi connectivity index (χ2v) is 6.27. The molecule has 6 heteroatoms. The van der Waals surface area contributed by atoms with Crippen LogP contribution >= 0.6 is 22.6 Å². The number of ether oxygens (including phenoxy) is 2. The lowest BCUT2D eigenvalue weighted by Gasteiger charge is -2.12. The molecule has 130 valence electrons. The van der Waals surface area contributed by atoms with Crippen molar-refractivity contribution in [2.75, 3.05) is 19.5 Å². The van der Waals surface area contributed by atoms with E-state index in [1.54, 1.807) is 20.3 Å². The quantitative estimate of drug-likeness (QED) is 0.425. The standard InChI is InChI=1S/C19H18FIN2O2/c1-24-15-6-5-14(18(9-15)25-2)11-22-19-16(20)8-13-4-3-12(10-21)7-17(13)23-19/h3-9H,10-11H2,1-2H3,(H,22,23). The van der Waals surface area contributed by atoms with E-state index in [0.29, 0.717) is 18.0 Å². The molecule has 4 nitrogen and oxygen atoms in total. The molecule has 0 radical (unpaired) electrons. The van der Waals surface area contributed by atoms with Gasteiger partial charge in [-0.25, -0.2) is 9.37 Å². The van der Waals surface area contributed by atoms with Crippen molar-refractivity contribution >= 4 is 39.3 Å². The lowest BCUT2D eigenvalue weighted by Crippen LogP contribution is -2.05. The Morgan fingerprint density at radius 1 is 1.08 bits per heavy atom. The Balaban J connectivity index is 1.86. The Kier molecular flexibility index (Phi) is 5.57. The third kappa shape index (κ3) is 3.95. The molecule has 3 aromatic rings. The number of methoxy groups -OCH3 is 2. The number of nitrogens with zero attached hydrogens (tertiary/aromatic N) is 1. The predicted molar refractivity (Wildman–Crippen MR) is 106 cm³/mol. The van der Waals surface area contributed by atoms with Crippen molar-refractivity contribution in [2.45, 2.75) is 11.0 Å². The molecule has 0 atom stereocenters. The Morgan fingerprint density at radius 3 is 2.64 bits per heavy atom. The van der Waals surface area contributed by atoms with Crippen LogP contribution in [0.25, 0.3) is 10.9 Å². The topological polar surface area (TPSA) is 43.4 Å². The molecule has 1 aromatic heterocycles. The van der Waals surface area contributed by atoms with Gasteiger partial charge >= 0.3 is 0 Å². The van der Waals surface area contributed by atoms with Crippen LogP contribution < -0.4 is 14.8 Å². The average Bonchev–Trinajstić information content (AvgIpc) is 2.65. The molecule has 0 saturated heterocycles. The van der Waals surface area contributed by atoms with Gasteiger partial charge in [0, 0.05) is 28.0 Å². The molecule has 0 saturated carbocycles. The fraction of sp³-hybridized carbons (Fsp3) is 0.211. The van der Waals surface area contributed by atoms with Crippen molar-refractivity contribution in [2.24, 2.45) is 0 Å². The molecule has 0 aliphatic rings. The number of anilines is 1. The zero-order chi connectivity index (χ0) is 17.8. The molecule has 0 bridgehead atoms. The number of rotatable bonds is 6. The summed E-state index contributed by atoms with van der Waals surface area (Å²) in [7, 11) is 3.20. The molecular formula is C19H18FIN2O2. The van der Waals surface area contributed by atoms with Gasteiger partial charge in [-0.1, -0.05) is 34.7 Å². The molecule has 0 spiro atoms. The average molecular weight is 452 g/mol. The number of pyridine rings is 1. The number of aromatic nitrogens is 1. The molecule has 2 aromatic carbocycles. The molecule has 0 amide bonds. The van der Waals surface area contributed by atoms with Crippen LogP contribution in [0.3, 0.4) is 0 Å². The van der Waals surface area contributed by atoms with Crippen molar-refractivity contribution in [1.82, 2.24) is 4.98 Å². The van der Waals surface area contributed by atoms with Crippen molar-refractivity contribution in [3.8, 4) is 11.5 Å². The van der Waals surface area contributed by atoms with Gasteiger partial charge in [0.05, 0.1) is 19.7 Å². The normalized spacial score (nSPS) is 10.7. The van der Waals surface area contributed by atoms with Crippen molar-refractivity contribution in [1.29, 1.82) is 0 Å². The molecule has 25 heavy (non-hydrogen) atoms. The first-order valence-corrected chi connectivity index (χ1v) is 9.27. The number of nitrogens with one attached hydrogen (secondary N) is 1. The van der Waals surface area contributed by atoms with Gasteiger partial charge in [0.25, 0.3) is 0 Å². The molecule has 1 heterocycles. The van der Waals surface area contributed by atoms with E-state index >= 15 is 0 Å². The van der Waals surface area contributed by atoms with Crippen molar-refractivity contribution < 1.29 is 13.9 Å². The summed E-state index contributed by atoms with van der Waals surface area (Å²) in [5, 5.41) is 3.85. The summed E-state index contributed by atoms with van der Waals surface area (Å²) in [6.07, 6.45) is 0. The van der Waals surface area contributed by atoms with Gasteiger partial charge in [-0.15, -0.1) is 0 Å². The van der Waals surface area contributed by atoms with Crippen LogP contribution in [0.15, 0.2) is 42.5 Å². The van der Waals surface area contributed by atoms with Crippen molar-refractivity contribution in [3.63, 3.8) is 0 Å². The molecule has 0 unspecified atom stereocenters. The van der Waals surface area contributed by atoms with E-state index in [0.717, 1.165) is 26.5 Å². The lowest BCUT2D eigenvalue weighted by molar-refractivity contribution is 0.391. The van der Waals surface area contributed by atoms with Crippen LogP contribution in [-0.2, 0) is 11.0 Å². The zero-order valence-electron chi connectivity index (χ0n) is 14.0. The fourth-order valence-electron chi connectivity index (χ4n) is 2.57. The van der Waals surface area contributed by atoms with Gasteiger partial charge in [0.1, 0.15) is 11.5 Å². The van der Waals surface area contributed by atoms with Crippen LogP contribution in [0, 0.1) is 5.82 Å². The van der Waals surface area contributed by atoms with Crippen LogP contribution in [0.4, 0.5) is 10.2 Å². The maximum atomic E-state index is 14.3. The zero-order valence-corrected chi connectivity index (χ0v) is 16.1. The highest BCUT2D eigenvalue weighted by atomic mass is 127. The van der Waals surface area contributed by atoms with E-state index < -0.39 is 0 Å². The number of hydrogen-bond donors (Lipinski definition) is 1. The van der Waals surface area contributed by atoms with Gasteiger partial charge in [0.15, 0.2) is 11.6 Å². The SMILES string of the molecule is COc1ccc(CNc2nc3cc(CI)ccc3cc2F)c(OC)c1. The summed E-state index contributed by atoms with van der Waals surface area (Å²) in [6, 6.07) is 12.9. The Hall–Kier alpha value is -2.09. The van der Waals surface area contributed by atoms with Crippen LogP contribution in [0.1, 0.15) is 11.1 Å². The third-order valence-electron chi connectivity index (χ3n) is 3.93. The fourth-order valence-corrected chi connectivity index (χ4v) is 3.05. The molecule has 1 N–H and O–H groups in total. The monoisotopic (exact) mass is 452 g/mol. The summed E-state index contributed by atoms with van der Waals surface area (Å²) in [4.78, 5) is 4.43. The minimum Gasteiger partial charge on any atom is -0.497 e. The Bertz CT molecular complexity index is 902. The maximum absolute atomic E-state index is 14.3. The first-order chi connectivity index (χ1) is 12.1. The number of halogens is 2. The highest BCUT2D eigenvalue weighted by Crippen LogP contribution is 2.26. The lowest BCUT2D eigenvalue weighted by atomic mass is 10.1. The number of alkyl halides is 1. The van der Waals surface area contributed by atoms with E-state index in [9.17, 15) is 4.39 Å². The van der Waals surface area contributed by atoms with Crippen LogP contribution in [0.5, 0.6) is 11.5 Å². The highest BCUT2D eigenvalue weighted by Gasteiger charge is 2.10. The largest absolute Gasteiger partial charge is 0.497 e. The summed E-state index contributed by atoms with van der Waals surface area (Å²) < 4.78 is 25.8. The van der Waals surface area contributed by atoms with Crippen LogP contribution in [0.2, 0.25) is 0 Å². The molecular weight excluding hydrogens is 434 g/mol. The summed E-state index contributed by atoms with van der Waals surface area (Å²) in [5.41, 5.74) is 2.83. The van der Waals surface area contributed by atoms with Crippen molar-refractivity contribution in [3.05, 3.63) is 59.4 Å². The maximum Gasteiger partial charge on any atom is 0.166 e. The van der Waals surface area contributed by atoms with E-state index in [-0.39, 0.29) is 11.6 Å². The highest BCUT2D eigenvalue weighted by molar-refractivity contribution is 14.1. The molecule has 0 aliphatic heterocycles. The van der Waals surface area contributed by atoms with Crippen LogP contribution in [-0.4, -0.2) is 19.2 Å². The number of fused-ring (bicyclic) bond motifs is 1. The first kappa shape index (κ1) is 17.7.